The molecule has 0 spiro atoms. The van der Waals surface area contributed by atoms with E-state index in [1.54, 1.807) is 25.3 Å². The SMILES string of the molecule is Cc1cccn(CC(=O)c2sccc2Br)c1=O. The minimum absolute atomic E-state index is 0.0559. The number of pyridine rings is 1. The topological polar surface area (TPSA) is 39.1 Å². The molecule has 2 heterocycles. The van der Waals surface area contributed by atoms with Gasteiger partial charge in [-0.25, -0.2) is 0 Å². The molecule has 0 radical (unpaired) electrons. The van der Waals surface area contributed by atoms with Gasteiger partial charge in [0.15, 0.2) is 5.78 Å². The van der Waals surface area contributed by atoms with Crippen LogP contribution < -0.4 is 5.56 Å². The van der Waals surface area contributed by atoms with E-state index in [2.05, 4.69) is 15.9 Å². The zero-order valence-corrected chi connectivity index (χ0v) is 11.5. The summed E-state index contributed by atoms with van der Waals surface area (Å²) >= 11 is 4.69. The molecule has 5 heteroatoms. The number of Topliss-reactive ketones (excluding diaryl/α,β-unsaturated/α-hetero) is 1. The van der Waals surface area contributed by atoms with E-state index in [1.807, 2.05) is 11.4 Å². The molecule has 0 aliphatic heterocycles. The average Bonchev–Trinajstić information content (AvgIpc) is 2.71. The zero-order chi connectivity index (χ0) is 12.4. The maximum Gasteiger partial charge on any atom is 0.253 e. The van der Waals surface area contributed by atoms with Gasteiger partial charge in [0, 0.05) is 16.2 Å². The fourth-order valence-electron chi connectivity index (χ4n) is 1.50. The van der Waals surface area contributed by atoms with E-state index < -0.39 is 0 Å². The molecular weight excluding hydrogens is 302 g/mol. The van der Waals surface area contributed by atoms with E-state index in [9.17, 15) is 9.59 Å². The van der Waals surface area contributed by atoms with Gasteiger partial charge >= 0.3 is 0 Å². The molecule has 2 aromatic rings. The number of rotatable bonds is 3. The molecule has 2 aromatic heterocycles. The summed E-state index contributed by atoms with van der Waals surface area (Å²) in [5.41, 5.74) is 0.527. The number of nitrogens with zero attached hydrogens (tertiary/aromatic N) is 1. The first-order valence-corrected chi connectivity index (χ1v) is 6.69. The smallest absolute Gasteiger partial charge is 0.253 e. The molecule has 0 aliphatic rings. The molecule has 0 fully saturated rings. The Labute approximate surface area is 111 Å². The fraction of sp³-hybridized carbons (Fsp3) is 0.167. The summed E-state index contributed by atoms with van der Waals surface area (Å²) in [6, 6.07) is 5.34. The molecular formula is C12H10BrNO2S. The van der Waals surface area contributed by atoms with Crippen molar-refractivity contribution in [3.8, 4) is 0 Å². The van der Waals surface area contributed by atoms with Crippen LogP contribution >= 0.6 is 27.3 Å². The van der Waals surface area contributed by atoms with Gasteiger partial charge < -0.3 is 4.57 Å². The molecule has 88 valence electrons. The van der Waals surface area contributed by atoms with Crippen LogP contribution in [0.1, 0.15) is 15.2 Å². The Kier molecular flexibility index (Phi) is 3.59. The van der Waals surface area contributed by atoms with Gasteiger partial charge in [0.25, 0.3) is 5.56 Å². The average molecular weight is 312 g/mol. The number of aryl methyl sites for hydroxylation is 1. The highest BCUT2D eigenvalue weighted by Gasteiger charge is 2.12. The second-order valence-corrected chi connectivity index (χ2v) is 5.42. The highest BCUT2D eigenvalue weighted by atomic mass is 79.9. The molecule has 0 atom stereocenters. The summed E-state index contributed by atoms with van der Waals surface area (Å²) in [5, 5.41) is 1.84. The Balaban J connectivity index is 2.28. The lowest BCUT2D eigenvalue weighted by molar-refractivity contribution is 0.0974. The number of ketones is 1. The first kappa shape index (κ1) is 12.3. The van der Waals surface area contributed by atoms with Crippen LogP contribution in [0, 0.1) is 6.92 Å². The molecule has 0 unspecified atom stereocenters. The van der Waals surface area contributed by atoms with Gasteiger partial charge in [-0.2, -0.15) is 0 Å². The first-order chi connectivity index (χ1) is 8.09. The highest BCUT2D eigenvalue weighted by Crippen LogP contribution is 2.23. The zero-order valence-electron chi connectivity index (χ0n) is 9.14. The molecule has 0 amide bonds. The fourth-order valence-corrected chi connectivity index (χ4v) is 3.03. The Morgan fingerprint density at radius 3 is 2.88 bits per heavy atom. The minimum atomic E-state index is -0.117. The number of aromatic nitrogens is 1. The summed E-state index contributed by atoms with van der Waals surface area (Å²) < 4.78 is 2.22. The summed E-state index contributed by atoms with van der Waals surface area (Å²) in [6.45, 7) is 1.82. The van der Waals surface area contributed by atoms with Crippen molar-refractivity contribution >= 4 is 33.0 Å². The van der Waals surface area contributed by atoms with Crippen LogP contribution in [0.5, 0.6) is 0 Å². The van der Waals surface area contributed by atoms with Crippen LogP contribution in [0.25, 0.3) is 0 Å². The van der Waals surface area contributed by atoms with Crippen molar-refractivity contribution in [1.29, 1.82) is 0 Å². The second kappa shape index (κ2) is 4.98. The van der Waals surface area contributed by atoms with Gasteiger partial charge in [0.1, 0.15) is 0 Å². The van der Waals surface area contributed by atoms with E-state index in [0.717, 1.165) is 4.47 Å². The second-order valence-electron chi connectivity index (χ2n) is 3.65. The third kappa shape index (κ3) is 2.56. The molecule has 0 N–H and O–H groups in total. The van der Waals surface area contributed by atoms with Gasteiger partial charge in [-0.05, 0) is 40.4 Å². The quantitative estimate of drug-likeness (QED) is 0.818. The Bertz CT molecular complexity index is 615. The minimum Gasteiger partial charge on any atom is -0.307 e. The largest absolute Gasteiger partial charge is 0.307 e. The van der Waals surface area contributed by atoms with Crippen molar-refractivity contribution in [1.82, 2.24) is 4.57 Å². The monoisotopic (exact) mass is 311 g/mol. The Hall–Kier alpha value is -1.20. The number of halogens is 1. The van der Waals surface area contributed by atoms with Crippen molar-refractivity contribution in [3.05, 3.63) is 55.0 Å². The molecule has 0 aromatic carbocycles. The lowest BCUT2D eigenvalue weighted by atomic mass is 10.3. The number of carbonyl (C=O) groups is 1. The molecule has 3 nitrogen and oxygen atoms in total. The number of hydrogen-bond acceptors (Lipinski definition) is 3. The van der Waals surface area contributed by atoms with Gasteiger partial charge in [0.05, 0.1) is 11.4 Å². The molecule has 0 aliphatic carbocycles. The summed E-state index contributed by atoms with van der Waals surface area (Å²) in [7, 11) is 0. The predicted octanol–water partition coefficient (Wildman–Crippen LogP) is 2.86. The van der Waals surface area contributed by atoms with E-state index in [-0.39, 0.29) is 17.9 Å². The van der Waals surface area contributed by atoms with Gasteiger partial charge in [-0.3, -0.25) is 9.59 Å². The molecule has 17 heavy (non-hydrogen) atoms. The lowest BCUT2D eigenvalue weighted by Gasteiger charge is -2.04. The van der Waals surface area contributed by atoms with Crippen LogP contribution in [0.2, 0.25) is 0 Å². The Morgan fingerprint density at radius 2 is 2.24 bits per heavy atom. The number of carbonyl (C=O) groups excluding carboxylic acids is 1. The van der Waals surface area contributed by atoms with Gasteiger partial charge in [-0.15, -0.1) is 11.3 Å². The maximum atomic E-state index is 12.0. The lowest BCUT2D eigenvalue weighted by Crippen LogP contribution is -2.24. The van der Waals surface area contributed by atoms with Crippen molar-refractivity contribution in [2.24, 2.45) is 0 Å². The van der Waals surface area contributed by atoms with Gasteiger partial charge in [-0.1, -0.05) is 6.07 Å². The standard InChI is InChI=1S/C12H10BrNO2S/c1-8-3-2-5-14(12(8)16)7-10(15)11-9(13)4-6-17-11/h2-6H,7H2,1H3. The molecule has 2 rings (SSSR count). The van der Waals surface area contributed by atoms with Crippen molar-refractivity contribution in [3.63, 3.8) is 0 Å². The van der Waals surface area contributed by atoms with Gasteiger partial charge in [0.2, 0.25) is 0 Å². The van der Waals surface area contributed by atoms with Crippen molar-refractivity contribution in [2.45, 2.75) is 13.5 Å². The molecule has 0 saturated carbocycles. The van der Waals surface area contributed by atoms with Crippen molar-refractivity contribution in [2.75, 3.05) is 0 Å². The normalized spacial score (nSPS) is 10.5. The molecule has 0 bridgehead atoms. The Morgan fingerprint density at radius 1 is 1.47 bits per heavy atom. The summed E-state index contributed by atoms with van der Waals surface area (Å²) in [6.07, 6.45) is 1.63. The van der Waals surface area contributed by atoms with Crippen molar-refractivity contribution < 1.29 is 4.79 Å². The summed E-state index contributed by atoms with van der Waals surface area (Å²) in [4.78, 5) is 24.4. The van der Waals surface area contributed by atoms with E-state index in [4.69, 9.17) is 0 Å². The third-order valence-corrected chi connectivity index (χ3v) is 4.27. The number of hydrogen-bond donors (Lipinski definition) is 0. The van der Waals surface area contributed by atoms with Crippen LogP contribution in [0.4, 0.5) is 0 Å². The molecule has 0 saturated heterocycles. The van der Waals surface area contributed by atoms with Crippen LogP contribution in [0.3, 0.4) is 0 Å². The predicted molar refractivity (Wildman–Crippen MR) is 71.8 cm³/mol. The van der Waals surface area contributed by atoms with E-state index >= 15 is 0 Å². The van der Waals surface area contributed by atoms with E-state index in [1.165, 1.54) is 15.9 Å². The third-order valence-electron chi connectivity index (χ3n) is 2.39. The number of thiophene rings is 1. The van der Waals surface area contributed by atoms with Crippen LogP contribution in [-0.4, -0.2) is 10.4 Å². The summed E-state index contributed by atoms with van der Waals surface area (Å²) in [5.74, 6) is -0.0559. The highest BCUT2D eigenvalue weighted by molar-refractivity contribution is 9.10. The van der Waals surface area contributed by atoms with E-state index in [0.29, 0.717) is 10.4 Å². The first-order valence-electron chi connectivity index (χ1n) is 5.02. The maximum absolute atomic E-state index is 12.0. The van der Waals surface area contributed by atoms with Crippen LogP contribution in [-0.2, 0) is 6.54 Å². The van der Waals surface area contributed by atoms with Crippen LogP contribution in [0.15, 0.2) is 39.0 Å².